The Morgan fingerprint density at radius 1 is 1.19 bits per heavy atom. The van der Waals surface area contributed by atoms with E-state index in [4.69, 9.17) is 9.47 Å². The first-order valence-electron chi connectivity index (χ1n) is 7.71. The Morgan fingerprint density at radius 3 is 2.52 bits per heavy atom. The normalized spacial score (nSPS) is 28.8. The Kier molecular flexibility index (Phi) is 3.72. The molecule has 2 aliphatic rings. The summed E-state index contributed by atoms with van der Waals surface area (Å²) in [6, 6.07) is 4.02. The summed E-state index contributed by atoms with van der Waals surface area (Å²) < 4.78 is 11.8. The highest BCUT2D eigenvalue weighted by Gasteiger charge is 2.47. The number of ether oxygens (including phenoxy) is 2. The fourth-order valence-electron chi connectivity index (χ4n) is 3.55. The van der Waals surface area contributed by atoms with E-state index in [9.17, 15) is 5.11 Å². The van der Waals surface area contributed by atoms with Gasteiger partial charge in [-0.15, -0.1) is 0 Å². The third kappa shape index (κ3) is 2.45. The number of morpholine rings is 1. The molecule has 0 bridgehead atoms. The lowest BCUT2D eigenvalue weighted by molar-refractivity contribution is -0.107. The predicted molar refractivity (Wildman–Crippen MR) is 81.8 cm³/mol. The molecule has 1 fully saturated rings. The van der Waals surface area contributed by atoms with Crippen LogP contribution in [0.5, 0.6) is 5.75 Å². The number of hydrogen-bond acceptors (Lipinski definition) is 4. The first-order valence-corrected chi connectivity index (χ1v) is 7.71. The number of nitrogens with zero attached hydrogens (tertiary/aromatic N) is 1. The summed E-state index contributed by atoms with van der Waals surface area (Å²) in [6.07, 6.45) is -0.527. The van der Waals surface area contributed by atoms with E-state index >= 15 is 0 Å². The molecule has 116 valence electrons. The maximum Gasteiger partial charge on any atom is 0.129 e. The van der Waals surface area contributed by atoms with Crippen molar-refractivity contribution in [2.75, 3.05) is 26.3 Å². The van der Waals surface area contributed by atoms with Crippen LogP contribution >= 0.6 is 0 Å². The molecule has 0 aliphatic carbocycles. The summed E-state index contributed by atoms with van der Waals surface area (Å²) in [5.74, 6) is 0.858. The molecule has 1 aromatic rings. The highest BCUT2D eigenvalue weighted by atomic mass is 16.5. The van der Waals surface area contributed by atoms with Gasteiger partial charge in [-0.25, -0.2) is 0 Å². The van der Waals surface area contributed by atoms with Crippen LogP contribution in [0.2, 0.25) is 0 Å². The van der Waals surface area contributed by atoms with Crippen molar-refractivity contribution in [3.8, 4) is 5.75 Å². The van der Waals surface area contributed by atoms with Crippen molar-refractivity contribution in [3.63, 3.8) is 0 Å². The van der Waals surface area contributed by atoms with E-state index in [0.717, 1.165) is 43.2 Å². The first-order chi connectivity index (χ1) is 9.92. The summed E-state index contributed by atoms with van der Waals surface area (Å²) in [7, 11) is 0. The molecule has 4 heteroatoms. The predicted octanol–water partition coefficient (Wildman–Crippen LogP) is 2.21. The lowest BCUT2D eigenvalue weighted by atomic mass is 9.83. The van der Waals surface area contributed by atoms with Crippen molar-refractivity contribution in [3.05, 3.63) is 28.8 Å². The second-order valence-corrected chi connectivity index (χ2v) is 6.67. The number of aliphatic hydroxyl groups excluding tert-OH is 1. The van der Waals surface area contributed by atoms with Crippen LogP contribution in [-0.2, 0) is 4.74 Å². The molecule has 2 atom stereocenters. The average molecular weight is 291 g/mol. The molecule has 2 heterocycles. The van der Waals surface area contributed by atoms with Crippen LogP contribution < -0.4 is 4.74 Å². The molecule has 0 aromatic heterocycles. The van der Waals surface area contributed by atoms with Crippen molar-refractivity contribution in [2.45, 2.75) is 45.4 Å². The molecule has 1 saturated heterocycles. The Morgan fingerprint density at radius 2 is 1.86 bits per heavy atom. The van der Waals surface area contributed by atoms with Crippen molar-refractivity contribution in [1.82, 2.24) is 4.90 Å². The summed E-state index contributed by atoms with van der Waals surface area (Å²) in [5.41, 5.74) is 2.80. The molecule has 4 nitrogen and oxygen atoms in total. The standard InChI is InChI=1S/C17H25NO3/c1-11-5-6-13-14(19)16(18-7-9-20-10-8-18)17(3,4)21-15(13)12(11)2/h5-6,14,16,19H,7-10H2,1-4H3. The SMILES string of the molecule is Cc1ccc2c(c1C)OC(C)(C)C(N1CCOCC1)C2O. The molecule has 2 unspecified atom stereocenters. The highest BCUT2D eigenvalue weighted by Crippen LogP contribution is 2.44. The molecule has 0 saturated carbocycles. The molecule has 0 amide bonds. The average Bonchev–Trinajstić information content (AvgIpc) is 2.44. The van der Waals surface area contributed by atoms with Crippen molar-refractivity contribution in [1.29, 1.82) is 0 Å². The lowest BCUT2D eigenvalue weighted by Gasteiger charge is -2.49. The minimum Gasteiger partial charge on any atom is -0.485 e. The molecular weight excluding hydrogens is 266 g/mol. The van der Waals surface area contributed by atoms with E-state index in [1.165, 1.54) is 5.56 Å². The molecule has 1 N–H and O–H groups in total. The van der Waals surface area contributed by atoms with Crippen LogP contribution in [0.4, 0.5) is 0 Å². The van der Waals surface area contributed by atoms with Gasteiger partial charge in [-0.2, -0.15) is 0 Å². The number of hydrogen-bond donors (Lipinski definition) is 1. The zero-order valence-corrected chi connectivity index (χ0v) is 13.3. The van der Waals surface area contributed by atoms with Gasteiger partial charge in [0.05, 0.1) is 19.3 Å². The zero-order valence-electron chi connectivity index (χ0n) is 13.3. The maximum absolute atomic E-state index is 11.0. The maximum atomic E-state index is 11.0. The minimum atomic E-state index is -0.527. The summed E-state index contributed by atoms with van der Waals surface area (Å²) in [4.78, 5) is 2.30. The van der Waals surface area contributed by atoms with Gasteiger partial charge in [0.2, 0.25) is 0 Å². The Labute approximate surface area is 126 Å². The lowest BCUT2D eigenvalue weighted by Crippen LogP contribution is -2.60. The quantitative estimate of drug-likeness (QED) is 0.861. The smallest absolute Gasteiger partial charge is 0.129 e. The zero-order chi connectivity index (χ0) is 15.2. The van der Waals surface area contributed by atoms with E-state index in [-0.39, 0.29) is 6.04 Å². The molecule has 0 radical (unpaired) electrons. The van der Waals surface area contributed by atoms with Crippen LogP contribution in [0.25, 0.3) is 0 Å². The van der Waals surface area contributed by atoms with E-state index in [0.29, 0.717) is 0 Å². The third-order valence-corrected chi connectivity index (χ3v) is 4.84. The monoisotopic (exact) mass is 291 g/mol. The molecule has 2 aliphatic heterocycles. The summed E-state index contributed by atoms with van der Waals surface area (Å²) >= 11 is 0. The largest absolute Gasteiger partial charge is 0.485 e. The van der Waals surface area contributed by atoms with Crippen LogP contribution in [0, 0.1) is 13.8 Å². The van der Waals surface area contributed by atoms with Crippen LogP contribution in [0.15, 0.2) is 12.1 Å². The Bertz CT molecular complexity index is 535. The Balaban J connectivity index is 2.01. The van der Waals surface area contributed by atoms with E-state index in [1.807, 2.05) is 6.07 Å². The van der Waals surface area contributed by atoms with Gasteiger partial charge < -0.3 is 14.6 Å². The fraction of sp³-hybridized carbons (Fsp3) is 0.647. The third-order valence-electron chi connectivity index (χ3n) is 4.84. The van der Waals surface area contributed by atoms with Crippen LogP contribution in [0.3, 0.4) is 0 Å². The van der Waals surface area contributed by atoms with Gasteiger partial charge in [0, 0.05) is 18.7 Å². The van der Waals surface area contributed by atoms with Crippen molar-refractivity contribution < 1.29 is 14.6 Å². The van der Waals surface area contributed by atoms with Crippen LogP contribution in [-0.4, -0.2) is 48.0 Å². The molecule has 1 aromatic carbocycles. The van der Waals surface area contributed by atoms with Gasteiger partial charge in [0.15, 0.2) is 0 Å². The van der Waals surface area contributed by atoms with Crippen LogP contribution in [0.1, 0.15) is 36.6 Å². The number of fused-ring (bicyclic) bond motifs is 1. The van der Waals surface area contributed by atoms with Crippen molar-refractivity contribution in [2.24, 2.45) is 0 Å². The number of rotatable bonds is 1. The molecule has 21 heavy (non-hydrogen) atoms. The van der Waals surface area contributed by atoms with E-state index in [1.54, 1.807) is 0 Å². The van der Waals surface area contributed by atoms with Gasteiger partial charge >= 0.3 is 0 Å². The van der Waals surface area contributed by atoms with Gasteiger partial charge in [-0.05, 0) is 38.8 Å². The fourth-order valence-corrected chi connectivity index (χ4v) is 3.55. The van der Waals surface area contributed by atoms with Crippen molar-refractivity contribution >= 4 is 0 Å². The summed E-state index contributed by atoms with van der Waals surface area (Å²) in [5, 5.41) is 11.0. The summed E-state index contributed by atoms with van der Waals surface area (Å²) in [6.45, 7) is 11.4. The topological polar surface area (TPSA) is 41.9 Å². The van der Waals surface area contributed by atoms with Gasteiger partial charge in [-0.3, -0.25) is 4.90 Å². The van der Waals surface area contributed by atoms with E-state index < -0.39 is 11.7 Å². The molecule has 0 spiro atoms. The van der Waals surface area contributed by atoms with Gasteiger partial charge in [-0.1, -0.05) is 12.1 Å². The first kappa shape index (κ1) is 14.8. The van der Waals surface area contributed by atoms with Gasteiger partial charge in [0.1, 0.15) is 17.5 Å². The second kappa shape index (κ2) is 5.27. The number of aryl methyl sites for hydroxylation is 1. The number of aliphatic hydroxyl groups is 1. The number of benzene rings is 1. The molecular formula is C17H25NO3. The van der Waals surface area contributed by atoms with Gasteiger partial charge in [0.25, 0.3) is 0 Å². The minimum absolute atomic E-state index is 0.0454. The molecule has 3 rings (SSSR count). The second-order valence-electron chi connectivity index (χ2n) is 6.67. The van der Waals surface area contributed by atoms with E-state index in [2.05, 4.69) is 38.7 Å². The Hall–Kier alpha value is -1.10. The highest BCUT2D eigenvalue weighted by molar-refractivity contribution is 5.49.